The second kappa shape index (κ2) is 3.42. The first-order valence-electron chi connectivity index (χ1n) is 1.91. The first-order chi connectivity index (χ1) is 4.16. The number of urea groups is 1. The lowest BCUT2D eigenvalue weighted by atomic mass is 10.9. The monoisotopic (exact) mass is 132 g/mol. The molecule has 0 rings (SSSR count). The SMILES string of the molecule is O=CNC(=O)NC(=O)O. The van der Waals surface area contributed by atoms with Crippen molar-refractivity contribution in [3.63, 3.8) is 0 Å². The number of imide groups is 2. The minimum atomic E-state index is -1.51. The Balaban J connectivity index is 3.50. The molecule has 0 aromatic carbocycles. The Morgan fingerprint density at radius 2 is 2.00 bits per heavy atom. The minimum absolute atomic E-state index is 0.0816. The third kappa shape index (κ3) is 4.26. The van der Waals surface area contributed by atoms with Crippen LogP contribution in [0.15, 0.2) is 0 Å². The van der Waals surface area contributed by atoms with Gasteiger partial charge in [0.15, 0.2) is 0 Å². The number of amides is 4. The summed E-state index contributed by atoms with van der Waals surface area (Å²) >= 11 is 0. The normalized spacial score (nSPS) is 7.56. The summed E-state index contributed by atoms with van der Waals surface area (Å²) in [6.45, 7) is 0. The van der Waals surface area contributed by atoms with Crippen LogP contribution in [-0.2, 0) is 4.79 Å². The Morgan fingerprint density at radius 1 is 1.44 bits per heavy atom. The van der Waals surface area contributed by atoms with E-state index in [1.54, 1.807) is 5.32 Å². The van der Waals surface area contributed by atoms with E-state index in [0.29, 0.717) is 0 Å². The van der Waals surface area contributed by atoms with Gasteiger partial charge in [0.1, 0.15) is 0 Å². The smallest absolute Gasteiger partial charge is 0.412 e. The van der Waals surface area contributed by atoms with E-state index in [9.17, 15) is 14.4 Å². The van der Waals surface area contributed by atoms with Gasteiger partial charge in [-0.15, -0.1) is 0 Å². The molecular weight excluding hydrogens is 128 g/mol. The maximum atomic E-state index is 10.0. The molecule has 6 heteroatoms. The number of carboxylic acid groups (broad SMARTS) is 1. The van der Waals surface area contributed by atoms with Gasteiger partial charge in [0, 0.05) is 0 Å². The number of nitrogens with one attached hydrogen (secondary N) is 2. The molecule has 0 aliphatic heterocycles. The van der Waals surface area contributed by atoms with Gasteiger partial charge < -0.3 is 5.11 Å². The predicted octanol–water partition coefficient (Wildman–Crippen LogP) is -0.880. The molecule has 0 bridgehead atoms. The Labute approximate surface area is 49.8 Å². The molecule has 0 aromatic heterocycles. The maximum Gasteiger partial charge on any atom is 0.412 e. The zero-order valence-electron chi connectivity index (χ0n) is 4.25. The molecule has 0 radical (unpaired) electrons. The topological polar surface area (TPSA) is 95.5 Å². The highest BCUT2D eigenvalue weighted by Crippen LogP contribution is 1.60. The van der Waals surface area contributed by atoms with E-state index in [4.69, 9.17) is 5.11 Å². The van der Waals surface area contributed by atoms with Gasteiger partial charge in [-0.25, -0.2) is 14.9 Å². The van der Waals surface area contributed by atoms with E-state index >= 15 is 0 Å². The average Bonchev–Trinajstić information content (AvgIpc) is 1.63. The third-order valence-corrected chi connectivity index (χ3v) is 0.410. The zero-order valence-corrected chi connectivity index (χ0v) is 4.25. The molecular formula is C3H4N2O4. The largest absolute Gasteiger partial charge is 0.465 e. The van der Waals surface area contributed by atoms with Crippen molar-refractivity contribution in [3.8, 4) is 0 Å². The number of hydrogen-bond acceptors (Lipinski definition) is 3. The van der Waals surface area contributed by atoms with E-state index < -0.39 is 12.1 Å². The lowest BCUT2D eigenvalue weighted by molar-refractivity contribution is -0.108. The van der Waals surface area contributed by atoms with E-state index in [0.717, 1.165) is 0 Å². The highest BCUT2D eigenvalue weighted by molar-refractivity contribution is 5.94. The van der Waals surface area contributed by atoms with Crippen LogP contribution >= 0.6 is 0 Å². The molecule has 0 spiro atoms. The second-order valence-electron chi connectivity index (χ2n) is 1.02. The zero-order chi connectivity index (χ0) is 7.28. The summed E-state index contributed by atoms with van der Waals surface area (Å²) in [6.07, 6.45) is -1.42. The molecule has 6 nitrogen and oxygen atoms in total. The maximum absolute atomic E-state index is 10.0. The Bertz CT molecular complexity index is 143. The van der Waals surface area contributed by atoms with Crippen LogP contribution in [0.1, 0.15) is 0 Å². The molecule has 0 heterocycles. The van der Waals surface area contributed by atoms with Gasteiger partial charge in [-0.3, -0.25) is 10.1 Å². The lowest BCUT2D eigenvalue weighted by Crippen LogP contribution is -2.37. The fourth-order valence-electron chi connectivity index (χ4n) is 0.187. The average molecular weight is 132 g/mol. The van der Waals surface area contributed by atoms with E-state index in [1.807, 2.05) is 0 Å². The van der Waals surface area contributed by atoms with Gasteiger partial charge in [-0.05, 0) is 0 Å². The van der Waals surface area contributed by atoms with Crippen LogP contribution in [0.5, 0.6) is 0 Å². The first kappa shape index (κ1) is 7.41. The summed E-state index contributed by atoms with van der Waals surface area (Å²) in [7, 11) is 0. The Kier molecular flexibility index (Phi) is 2.81. The number of hydrogen-bond donors (Lipinski definition) is 3. The van der Waals surface area contributed by atoms with Crippen LogP contribution in [0.4, 0.5) is 9.59 Å². The first-order valence-corrected chi connectivity index (χ1v) is 1.91. The summed E-state index contributed by atoms with van der Waals surface area (Å²) in [5.41, 5.74) is 0. The van der Waals surface area contributed by atoms with Crippen LogP contribution in [0.25, 0.3) is 0 Å². The minimum Gasteiger partial charge on any atom is -0.465 e. The molecule has 0 aliphatic carbocycles. The molecule has 4 amide bonds. The highest BCUT2D eigenvalue weighted by atomic mass is 16.4. The molecule has 9 heavy (non-hydrogen) atoms. The van der Waals surface area contributed by atoms with E-state index in [-0.39, 0.29) is 6.41 Å². The van der Waals surface area contributed by atoms with Crippen molar-refractivity contribution in [2.75, 3.05) is 0 Å². The van der Waals surface area contributed by atoms with Gasteiger partial charge in [0.25, 0.3) is 0 Å². The molecule has 0 atom stereocenters. The van der Waals surface area contributed by atoms with Crippen LogP contribution in [-0.4, -0.2) is 23.6 Å². The quantitative estimate of drug-likeness (QED) is 0.403. The molecule has 0 saturated carbocycles. The highest BCUT2D eigenvalue weighted by Gasteiger charge is 2.00. The van der Waals surface area contributed by atoms with Gasteiger partial charge in [0.05, 0.1) is 0 Å². The summed E-state index contributed by atoms with van der Waals surface area (Å²) < 4.78 is 0. The van der Waals surface area contributed by atoms with Crippen LogP contribution in [0.2, 0.25) is 0 Å². The summed E-state index contributed by atoms with van der Waals surface area (Å²) in [4.78, 5) is 29.0. The Hall–Kier alpha value is -1.59. The predicted molar refractivity (Wildman–Crippen MR) is 25.8 cm³/mol. The molecule has 0 saturated heterocycles. The van der Waals surface area contributed by atoms with Crippen LogP contribution in [0.3, 0.4) is 0 Å². The fraction of sp³-hybridized carbons (Fsp3) is 0. The second-order valence-corrected chi connectivity index (χ2v) is 1.02. The van der Waals surface area contributed by atoms with Crippen molar-refractivity contribution in [2.24, 2.45) is 0 Å². The summed E-state index contributed by atoms with van der Waals surface area (Å²) in [5.74, 6) is 0. The molecule has 0 unspecified atom stereocenters. The van der Waals surface area contributed by atoms with Crippen molar-refractivity contribution >= 4 is 18.5 Å². The van der Waals surface area contributed by atoms with Crippen molar-refractivity contribution in [3.05, 3.63) is 0 Å². The van der Waals surface area contributed by atoms with Gasteiger partial charge in [-0.2, -0.15) is 0 Å². The van der Waals surface area contributed by atoms with Crippen LogP contribution in [0, 0.1) is 0 Å². The van der Waals surface area contributed by atoms with Crippen molar-refractivity contribution in [1.82, 2.24) is 10.6 Å². The lowest BCUT2D eigenvalue weighted by Gasteiger charge is -1.93. The molecule has 0 aliphatic rings. The van der Waals surface area contributed by atoms with Gasteiger partial charge >= 0.3 is 12.1 Å². The number of carbonyl (C=O) groups is 3. The van der Waals surface area contributed by atoms with Crippen molar-refractivity contribution in [2.45, 2.75) is 0 Å². The fourth-order valence-corrected chi connectivity index (χ4v) is 0.187. The van der Waals surface area contributed by atoms with Crippen LogP contribution < -0.4 is 10.6 Å². The van der Waals surface area contributed by atoms with Gasteiger partial charge in [-0.1, -0.05) is 0 Å². The summed E-state index contributed by atoms with van der Waals surface area (Å²) in [5, 5.41) is 10.8. The van der Waals surface area contributed by atoms with Crippen molar-refractivity contribution in [1.29, 1.82) is 0 Å². The van der Waals surface area contributed by atoms with E-state index in [1.165, 1.54) is 5.32 Å². The Morgan fingerprint density at radius 3 is 2.33 bits per heavy atom. The van der Waals surface area contributed by atoms with Crippen molar-refractivity contribution < 1.29 is 19.5 Å². The molecule has 3 N–H and O–H groups in total. The van der Waals surface area contributed by atoms with Gasteiger partial charge in [0.2, 0.25) is 6.41 Å². The summed E-state index contributed by atoms with van der Waals surface area (Å²) in [6, 6.07) is -1.06. The molecule has 50 valence electrons. The molecule has 0 fully saturated rings. The number of rotatable bonds is 1. The van der Waals surface area contributed by atoms with E-state index in [2.05, 4.69) is 0 Å². The molecule has 0 aromatic rings. The standard InChI is InChI=1S/C3H4N2O4/c6-1-4-2(7)5-3(8)9/h1H,(H,8,9)(H2,4,5,6,7). The number of carbonyl (C=O) groups excluding carboxylic acids is 2. The third-order valence-electron chi connectivity index (χ3n) is 0.410.